The molecule has 0 spiro atoms. The fourth-order valence-electron chi connectivity index (χ4n) is 1.95. The van der Waals surface area contributed by atoms with Crippen LogP contribution in [0.25, 0.3) is 0 Å². The van der Waals surface area contributed by atoms with Crippen LogP contribution in [0.5, 0.6) is 0 Å². The number of aromatic nitrogens is 2. The summed E-state index contributed by atoms with van der Waals surface area (Å²) in [5, 5.41) is 5.81. The van der Waals surface area contributed by atoms with Gasteiger partial charge in [0.15, 0.2) is 5.16 Å². The lowest BCUT2D eigenvalue weighted by atomic mass is 10.1. The minimum atomic E-state index is -0.361. The number of carbonyl (C=O) groups is 2. The molecule has 2 amide bonds. The summed E-state index contributed by atoms with van der Waals surface area (Å²) in [6.07, 6.45) is 3.28. The summed E-state index contributed by atoms with van der Waals surface area (Å²) < 4.78 is 0. The molecule has 0 aliphatic carbocycles. The largest absolute Gasteiger partial charge is 0.352 e. The summed E-state index contributed by atoms with van der Waals surface area (Å²) in [6.45, 7) is 6.09. The van der Waals surface area contributed by atoms with Gasteiger partial charge in [0.25, 0.3) is 5.91 Å². The topological polar surface area (TPSA) is 84.0 Å². The summed E-state index contributed by atoms with van der Waals surface area (Å²) in [5.41, 5.74) is 2.04. The molecule has 0 fully saturated rings. The minimum Gasteiger partial charge on any atom is -0.352 e. The lowest BCUT2D eigenvalue weighted by Crippen LogP contribution is -2.25. The monoisotopic (exact) mass is 344 g/mol. The molecule has 6 nitrogen and oxygen atoms in total. The lowest BCUT2D eigenvalue weighted by molar-refractivity contribution is -0.115. The molecule has 0 saturated heterocycles. The third-order valence-corrected chi connectivity index (χ3v) is 4.28. The molecule has 2 N–H and O–H groups in total. The summed E-state index contributed by atoms with van der Waals surface area (Å²) >= 11 is 1.28. The van der Waals surface area contributed by atoms with Gasteiger partial charge in [-0.25, -0.2) is 9.97 Å². The van der Waals surface area contributed by atoms with E-state index in [0.29, 0.717) is 23.0 Å². The van der Waals surface area contributed by atoms with Crippen molar-refractivity contribution in [2.75, 3.05) is 11.9 Å². The molecule has 2 aromatic rings. The van der Waals surface area contributed by atoms with Crippen LogP contribution in [0, 0.1) is 6.92 Å². The average Bonchev–Trinajstić information content (AvgIpc) is 2.57. The van der Waals surface area contributed by atoms with Gasteiger partial charge in [-0.15, -0.1) is 0 Å². The highest BCUT2D eigenvalue weighted by atomic mass is 32.2. The molecule has 1 heterocycles. The lowest BCUT2D eigenvalue weighted by Gasteiger charge is -2.14. The molecule has 0 aliphatic heterocycles. The van der Waals surface area contributed by atoms with Crippen molar-refractivity contribution < 1.29 is 9.59 Å². The van der Waals surface area contributed by atoms with Gasteiger partial charge < -0.3 is 10.6 Å². The number of nitrogens with one attached hydrogen (secondary N) is 2. The van der Waals surface area contributed by atoms with Gasteiger partial charge in [0.2, 0.25) is 5.91 Å². The molecule has 1 aromatic heterocycles. The van der Waals surface area contributed by atoms with Gasteiger partial charge in [-0.05, 0) is 44.5 Å². The van der Waals surface area contributed by atoms with Gasteiger partial charge in [0.05, 0.1) is 5.25 Å². The number of amides is 2. The zero-order chi connectivity index (χ0) is 17.5. The van der Waals surface area contributed by atoms with Crippen molar-refractivity contribution in [3.05, 3.63) is 47.8 Å². The van der Waals surface area contributed by atoms with Crippen molar-refractivity contribution >= 4 is 29.3 Å². The van der Waals surface area contributed by atoms with Crippen molar-refractivity contribution in [1.82, 2.24) is 15.3 Å². The second-order valence-corrected chi connectivity index (χ2v) is 6.48. The van der Waals surface area contributed by atoms with E-state index in [1.807, 2.05) is 19.9 Å². The molecule has 24 heavy (non-hydrogen) atoms. The highest BCUT2D eigenvalue weighted by Crippen LogP contribution is 2.22. The van der Waals surface area contributed by atoms with Gasteiger partial charge in [0, 0.05) is 30.2 Å². The van der Waals surface area contributed by atoms with E-state index in [-0.39, 0.29) is 17.1 Å². The average molecular weight is 344 g/mol. The molecular formula is C17H20N4O2S. The SMILES string of the molecule is CCNC(=O)c1ccc(C)c(NC(=O)[C@@H](C)Sc2ncccn2)c1. The Bertz CT molecular complexity index is 722. The molecule has 7 heteroatoms. The Morgan fingerprint density at radius 1 is 1.25 bits per heavy atom. The first-order chi connectivity index (χ1) is 11.5. The predicted molar refractivity (Wildman–Crippen MR) is 95.2 cm³/mol. The van der Waals surface area contributed by atoms with Crippen molar-refractivity contribution in [1.29, 1.82) is 0 Å². The Morgan fingerprint density at radius 2 is 1.96 bits per heavy atom. The van der Waals surface area contributed by atoms with Crippen LogP contribution in [0.4, 0.5) is 5.69 Å². The Balaban J connectivity index is 2.07. The number of nitrogens with zero attached hydrogens (tertiary/aromatic N) is 2. The van der Waals surface area contributed by atoms with Gasteiger partial charge in [-0.3, -0.25) is 9.59 Å². The van der Waals surface area contributed by atoms with Crippen molar-refractivity contribution in [2.24, 2.45) is 0 Å². The standard InChI is InChI=1S/C17H20N4O2S/c1-4-18-16(23)13-7-6-11(2)14(10-13)21-15(22)12(3)24-17-19-8-5-9-20-17/h5-10,12H,4H2,1-3H3,(H,18,23)(H,21,22)/t12-/m1/s1. The number of benzene rings is 1. The third-order valence-electron chi connectivity index (χ3n) is 3.29. The van der Waals surface area contributed by atoms with E-state index >= 15 is 0 Å². The van der Waals surface area contributed by atoms with Crippen LogP contribution in [0.3, 0.4) is 0 Å². The summed E-state index contributed by atoms with van der Waals surface area (Å²) in [6, 6.07) is 6.98. The highest BCUT2D eigenvalue weighted by Gasteiger charge is 2.17. The van der Waals surface area contributed by atoms with Crippen LogP contribution in [-0.4, -0.2) is 33.6 Å². The molecule has 1 atom stereocenters. The third kappa shape index (κ3) is 4.79. The smallest absolute Gasteiger partial charge is 0.251 e. The predicted octanol–water partition coefficient (Wildman–Crippen LogP) is 2.65. The summed E-state index contributed by atoms with van der Waals surface area (Å²) in [5.74, 6) is -0.322. The van der Waals surface area contributed by atoms with Crippen LogP contribution in [0.1, 0.15) is 29.8 Å². The zero-order valence-electron chi connectivity index (χ0n) is 13.9. The number of carbonyl (C=O) groups excluding carboxylic acids is 2. The first kappa shape index (κ1) is 17.9. The highest BCUT2D eigenvalue weighted by molar-refractivity contribution is 8.00. The first-order valence-electron chi connectivity index (χ1n) is 7.64. The van der Waals surface area contributed by atoms with Gasteiger partial charge in [-0.2, -0.15) is 0 Å². The number of anilines is 1. The second kappa shape index (κ2) is 8.44. The van der Waals surface area contributed by atoms with E-state index in [1.54, 1.807) is 37.5 Å². The van der Waals surface area contributed by atoms with Crippen LogP contribution in [0.2, 0.25) is 0 Å². The summed E-state index contributed by atoms with van der Waals surface area (Å²) in [7, 11) is 0. The van der Waals surface area contributed by atoms with Crippen molar-refractivity contribution in [3.63, 3.8) is 0 Å². The Labute approximate surface area is 145 Å². The van der Waals surface area contributed by atoms with Gasteiger partial charge >= 0.3 is 0 Å². The zero-order valence-corrected chi connectivity index (χ0v) is 14.7. The number of hydrogen-bond donors (Lipinski definition) is 2. The van der Waals surface area contributed by atoms with Crippen LogP contribution >= 0.6 is 11.8 Å². The molecule has 0 bridgehead atoms. The van der Waals surface area contributed by atoms with Crippen molar-refractivity contribution in [3.8, 4) is 0 Å². The Morgan fingerprint density at radius 3 is 2.62 bits per heavy atom. The van der Waals surface area contributed by atoms with E-state index in [4.69, 9.17) is 0 Å². The van der Waals surface area contributed by atoms with Crippen LogP contribution in [-0.2, 0) is 4.79 Å². The molecule has 0 aliphatic rings. The molecule has 2 rings (SSSR count). The van der Waals surface area contributed by atoms with E-state index in [0.717, 1.165) is 5.56 Å². The molecule has 0 saturated carbocycles. The van der Waals surface area contributed by atoms with E-state index in [2.05, 4.69) is 20.6 Å². The van der Waals surface area contributed by atoms with Gasteiger partial charge in [0.1, 0.15) is 0 Å². The fraction of sp³-hybridized carbons (Fsp3) is 0.294. The molecule has 0 radical (unpaired) electrons. The molecular weight excluding hydrogens is 324 g/mol. The Kier molecular flexibility index (Phi) is 6.31. The normalized spacial score (nSPS) is 11.6. The summed E-state index contributed by atoms with van der Waals surface area (Å²) in [4.78, 5) is 32.5. The van der Waals surface area contributed by atoms with E-state index in [1.165, 1.54) is 11.8 Å². The maximum absolute atomic E-state index is 12.4. The quantitative estimate of drug-likeness (QED) is 0.622. The Hall–Kier alpha value is -2.41. The van der Waals surface area contributed by atoms with Crippen LogP contribution in [0.15, 0.2) is 41.8 Å². The van der Waals surface area contributed by atoms with Crippen LogP contribution < -0.4 is 10.6 Å². The minimum absolute atomic E-state index is 0.159. The fourth-order valence-corrected chi connectivity index (χ4v) is 2.68. The van der Waals surface area contributed by atoms with Crippen molar-refractivity contribution in [2.45, 2.75) is 31.2 Å². The molecule has 126 valence electrons. The first-order valence-corrected chi connectivity index (χ1v) is 8.52. The number of hydrogen-bond acceptors (Lipinski definition) is 5. The van der Waals surface area contributed by atoms with E-state index in [9.17, 15) is 9.59 Å². The maximum atomic E-state index is 12.4. The molecule has 0 unspecified atom stereocenters. The molecule has 1 aromatic carbocycles. The number of aryl methyl sites for hydroxylation is 1. The maximum Gasteiger partial charge on any atom is 0.251 e. The second-order valence-electron chi connectivity index (χ2n) is 5.17. The van der Waals surface area contributed by atoms with Gasteiger partial charge in [-0.1, -0.05) is 17.8 Å². The number of thioether (sulfide) groups is 1. The van der Waals surface area contributed by atoms with E-state index < -0.39 is 0 Å². The number of rotatable bonds is 6.